The molecule has 2 fully saturated rings. The highest BCUT2D eigenvalue weighted by molar-refractivity contribution is 14.0. The van der Waals surface area contributed by atoms with Gasteiger partial charge >= 0.3 is 0 Å². The van der Waals surface area contributed by atoms with Gasteiger partial charge in [-0.15, -0.1) is 24.0 Å². The van der Waals surface area contributed by atoms with Crippen LogP contribution in [-0.4, -0.2) is 60.9 Å². The fourth-order valence-electron chi connectivity index (χ4n) is 3.83. The normalized spacial score (nSPS) is 19.1. The molecule has 150 valence electrons. The number of hydrogen-bond donors (Lipinski definition) is 1. The van der Waals surface area contributed by atoms with Gasteiger partial charge in [0.2, 0.25) is 5.91 Å². The van der Waals surface area contributed by atoms with Crippen molar-refractivity contribution in [3.05, 3.63) is 34.3 Å². The van der Waals surface area contributed by atoms with Crippen molar-refractivity contribution in [2.24, 2.45) is 4.99 Å². The number of nitrogens with zero attached hydrogens (tertiary/aromatic N) is 3. The summed E-state index contributed by atoms with van der Waals surface area (Å²) in [5.74, 6) is 1.15. The highest BCUT2D eigenvalue weighted by Gasteiger charge is 2.38. The van der Waals surface area contributed by atoms with E-state index in [1.165, 1.54) is 24.8 Å². The van der Waals surface area contributed by atoms with Crippen LogP contribution < -0.4 is 5.32 Å². The number of halogens is 2. The second-order valence-electron chi connectivity index (χ2n) is 7.30. The zero-order valence-corrected chi connectivity index (χ0v) is 20.1. The molecule has 1 saturated carbocycles. The number of guanidine groups is 1. The van der Waals surface area contributed by atoms with Gasteiger partial charge in [-0.2, -0.15) is 0 Å². The molecule has 1 aromatic rings. The van der Waals surface area contributed by atoms with Crippen LogP contribution in [0.3, 0.4) is 0 Å². The molecule has 27 heavy (non-hydrogen) atoms. The van der Waals surface area contributed by atoms with Gasteiger partial charge in [0.1, 0.15) is 0 Å². The molecule has 0 bridgehead atoms. The minimum absolute atomic E-state index is 0. The summed E-state index contributed by atoms with van der Waals surface area (Å²) in [4.78, 5) is 20.8. The molecule has 7 heteroatoms. The van der Waals surface area contributed by atoms with Crippen molar-refractivity contribution < 1.29 is 4.79 Å². The summed E-state index contributed by atoms with van der Waals surface area (Å²) in [5.41, 5.74) is 1.58. The van der Waals surface area contributed by atoms with Crippen LogP contribution in [0.1, 0.15) is 38.7 Å². The van der Waals surface area contributed by atoms with Gasteiger partial charge in [0.15, 0.2) is 5.96 Å². The highest BCUT2D eigenvalue weighted by atomic mass is 127. The Balaban J connectivity index is 0.00000261. The van der Waals surface area contributed by atoms with Crippen molar-refractivity contribution in [2.45, 2.75) is 38.5 Å². The van der Waals surface area contributed by atoms with E-state index in [4.69, 9.17) is 4.99 Å². The quantitative estimate of drug-likeness (QED) is 0.355. The molecule has 2 aliphatic rings. The van der Waals surface area contributed by atoms with Gasteiger partial charge in [-0.25, -0.2) is 0 Å². The van der Waals surface area contributed by atoms with E-state index in [1.807, 2.05) is 4.90 Å². The van der Waals surface area contributed by atoms with Gasteiger partial charge in [0.05, 0.1) is 6.54 Å². The van der Waals surface area contributed by atoms with Crippen molar-refractivity contribution >= 4 is 51.8 Å². The predicted molar refractivity (Wildman–Crippen MR) is 125 cm³/mol. The summed E-state index contributed by atoms with van der Waals surface area (Å²) >= 11 is 3.53. The molecular formula is C20H30BrIN4O. The van der Waals surface area contributed by atoms with Gasteiger partial charge in [-0.05, 0) is 37.5 Å². The molecule has 0 aromatic heterocycles. The largest absolute Gasteiger partial charge is 0.357 e. The van der Waals surface area contributed by atoms with Crippen LogP contribution in [0.2, 0.25) is 0 Å². The Hall–Kier alpha value is -0.830. The maximum absolute atomic E-state index is 11.5. The first kappa shape index (κ1) is 22.5. The van der Waals surface area contributed by atoms with E-state index >= 15 is 0 Å². The first-order chi connectivity index (χ1) is 12.5. The Morgan fingerprint density at radius 2 is 1.74 bits per heavy atom. The molecular weight excluding hydrogens is 519 g/mol. The maximum atomic E-state index is 11.5. The van der Waals surface area contributed by atoms with E-state index in [9.17, 15) is 4.79 Å². The Kier molecular flexibility index (Phi) is 8.39. The zero-order valence-electron chi connectivity index (χ0n) is 16.2. The number of amides is 1. The fraction of sp³-hybridized carbons (Fsp3) is 0.600. The Morgan fingerprint density at radius 1 is 1.15 bits per heavy atom. The van der Waals surface area contributed by atoms with E-state index in [0.29, 0.717) is 0 Å². The molecule has 1 N–H and O–H groups in total. The van der Waals surface area contributed by atoms with Gasteiger partial charge in [0, 0.05) is 49.5 Å². The topological polar surface area (TPSA) is 47.9 Å². The molecule has 1 aliphatic carbocycles. The van der Waals surface area contributed by atoms with E-state index in [-0.39, 0.29) is 35.3 Å². The summed E-state index contributed by atoms with van der Waals surface area (Å²) < 4.78 is 1.12. The van der Waals surface area contributed by atoms with Gasteiger partial charge in [0.25, 0.3) is 0 Å². The van der Waals surface area contributed by atoms with Crippen LogP contribution in [0, 0.1) is 0 Å². The minimum Gasteiger partial charge on any atom is -0.357 e. The van der Waals surface area contributed by atoms with Crippen molar-refractivity contribution in [2.75, 3.05) is 39.3 Å². The lowest BCUT2D eigenvalue weighted by Crippen LogP contribution is -2.53. The van der Waals surface area contributed by atoms with Crippen molar-refractivity contribution in [3.8, 4) is 0 Å². The van der Waals surface area contributed by atoms with Gasteiger partial charge < -0.3 is 15.1 Å². The van der Waals surface area contributed by atoms with Crippen molar-refractivity contribution in [1.82, 2.24) is 15.1 Å². The molecule has 0 atom stereocenters. The number of nitrogens with one attached hydrogen (secondary N) is 1. The molecule has 5 nitrogen and oxygen atoms in total. The minimum atomic E-state index is 0. The third kappa shape index (κ3) is 5.37. The smallest absolute Gasteiger partial charge is 0.219 e. The second-order valence-corrected chi connectivity index (χ2v) is 8.22. The van der Waals surface area contributed by atoms with Crippen molar-refractivity contribution in [3.63, 3.8) is 0 Å². The number of carbonyl (C=O) groups excluding carboxylic acids is 1. The molecule has 0 radical (unpaired) electrons. The average molecular weight is 549 g/mol. The number of aliphatic imine (C=N–C) groups is 1. The van der Waals surface area contributed by atoms with E-state index in [0.717, 1.165) is 49.7 Å². The molecule has 0 unspecified atom stereocenters. The van der Waals surface area contributed by atoms with Gasteiger partial charge in [-0.1, -0.05) is 34.5 Å². The molecule has 1 amide bonds. The summed E-state index contributed by atoms with van der Waals surface area (Å²) in [7, 11) is 0. The van der Waals surface area contributed by atoms with Crippen LogP contribution in [-0.2, 0) is 10.2 Å². The lowest BCUT2D eigenvalue weighted by atomic mass is 9.64. The fourth-order valence-corrected chi connectivity index (χ4v) is 4.09. The van der Waals surface area contributed by atoms with Crippen molar-refractivity contribution in [1.29, 1.82) is 0 Å². The number of rotatable bonds is 4. The van der Waals surface area contributed by atoms with E-state index in [1.54, 1.807) is 6.92 Å². The van der Waals surface area contributed by atoms with Gasteiger partial charge in [-0.3, -0.25) is 9.79 Å². The molecule has 3 rings (SSSR count). The van der Waals surface area contributed by atoms with Crippen LogP contribution in [0.25, 0.3) is 0 Å². The Labute approximate surface area is 188 Å². The summed E-state index contributed by atoms with van der Waals surface area (Å²) in [6.45, 7) is 8.67. The third-order valence-electron chi connectivity index (χ3n) is 5.66. The summed E-state index contributed by atoms with van der Waals surface area (Å²) in [6, 6.07) is 8.73. The summed E-state index contributed by atoms with van der Waals surface area (Å²) in [6.07, 6.45) is 3.69. The van der Waals surface area contributed by atoms with Crippen LogP contribution in [0.5, 0.6) is 0 Å². The Bertz CT molecular complexity index is 652. The molecule has 1 saturated heterocycles. The molecule has 1 aromatic carbocycles. The monoisotopic (exact) mass is 548 g/mol. The Morgan fingerprint density at radius 3 is 2.22 bits per heavy atom. The van der Waals surface area contributed by atoms with Crippen LogP contribution >= 0.6 is 39.9 Å². The zero-order chi connectivity index (χ0) is 18.6. The van der Waals surface area contributed by atoms with E-state index < -0.39 is 0 Å². The van der Waals surface area contributed by atoms with E-state index in [2.05, 4.69) is 57.3 Å². The first-order valence-electron chi connectivity index (χ1n) is 9.59. The highest BCUT2D eigenvalue weighted by Crippen LogP contribution is 2.44. The SMILES string of the molecule is CCNC(=NCC1(c2ccc(Br)cc2)CCC1)N1CCN(C(C)=O)CC1.I. The maximum Gasteiger partial charge on any atom is 0.219 e. The van der Waals surface area contributed by atoms with Crippen LogP contribution in [0.15, 0.2) is 33.7 Å². The third-order valence-corrected chi connectivity index (χ3v) is 6.19. The number of benzene rings is 1. The number of piperazine rings is 1. The number of carbonyl (C=O) groups is 1. The van der Waals surface area contributed by atoms with Crippen LogP contribution in [0.4, 0.5) is 0 Å². The second kappa shape index (κ2) is 10.1. The average Bonchev–Trinajstić information content (AvgIpc) is 2.61. The predicted octanol–water partition coefficient (Wildman–Crippen LogP) is 3.62. The molecule has 0 spiro atoms. The summed E-state index contributed by atoms with van der Waals surface area (Å²) in [5, 5.41) is 3.44. The number of hydrogen-bond acceptors (Lipinski definition) is 2. The lowest BCUT2D eigenvalue weighted by molar-refractivity contribution is -0.130. The molecule has 1 aliphatic heterocycles. The lowest BCUT2D eigenvalue weighted by Gasteiger charge is -2.42. The molecule has 1 heterocycles. The first-order valence-corrected chi connectivity index (χ1v) is 10.4. The standard InChI is InChI=1S/C20H29BrN4O.HI/c1-3-22-19(25-13-11-24(12-14-25)16(2)26)23-15-20(9-4-10-20)17-5-7-18(21)8-6-17;/h5-8H,3-4,9-15H2,1-2H3,(H,22,23);1H.